The Kier molecular flexibility index (Phi) is 9.29. The number of aromatic nitrogens is 4. The highest BCUT2D eigenvalue weighted by molar-refractivity contribution is 6.12. The topological polar surface area (TPSA) is 71.8 Å². The van der Waals surface area contributed by atoms with Crippen molar-refractivity contribution in [1.82, 2.24) is 19.5 Å². The Morgan fingerprint density at radius 3 is 1.66 bits per heavy atom. The summed E-state index contributed by atoms with van der Waals surface area (Å²) in [6, 6.07) is 63.9. The van der Waals surface area contributed by atoms with Crippen LogP contribution >= 0.6 is 0 Å². The maximum atomic E-state index is 10.2. The SMILES string of the molecule is [C-]#[N+]c1cccc(-c2cc(-c3nc(-c4ccccc4)nc(-c4ccccc4)n3)cc(-c3cccc(C#N)c3)c2-n2c3ccccc3c3cc(-c4cc(C)cc(C)c4)ccc32)c1. The fourth-order valence-electron chi connectivity index (χ4n) is 8.42. The Labute approximate surface area is 354 Å². The first-order valence-corrected chi connectivity index (χ1v) is 20.1. The lowest BCUT2D eigenvalue weighted by atomic mass is 9.91. The van der Waals surface area contributed by atoms with Crippen molar-refractivity contribution < 1.29 is 0 Å². The van der Waals surface area contributed by atoms with E-state index < -0.39 is 0 Å². The van der Waals surface area contributed by atoms with Gasteiger partial charge in [0, 0.05) is 38.6 Å². The van der Waals surface area contributed by atoms with Crippen LogP contribution in [0.2, 0.25) is 0 Å². The van der Waals surface area contributed by atoms with E-state index in [-0.39, 0.29) is 0 Å². The van der Waals surface area contributed by atoms with Gasteiger partial charge in [0.1, 0.15) is 0 Å². The highest BCUT2D eigenvalue weighted by Crippen LogP contribution is 2.45. The summed E-state index contributed by atoms with van der Waals surface area (Å²) in [6.07, 6.45) is 0. The molecule has 61 heavy (non-hydrogen) atoms. The molecule has 0 unspecified atom stereocenters. The van der Waals surface area contributed by atoms with E-state index in [1.54, 1.807) is 0 Å². The van der Waals surface area contributed by atoms with Gasteiger partial charge in [-0.25, -0.2) is 19.8 Å². The molecule has 0 radical (unpaired) electrons. The molecule has 0 bridgehead atoms. The Hall–Kier alpha value is -8.45. The average Bonchev–Trinajstić information content (AvgIpc) is 3.64. The van der Waals surface area contributed by atoms with Crippen molar-refractivity contribution >= 4 is 27.5 Å². The van der Waals surface area contributed by atoms with Crippen LogP contribution in [0.25, 0.3) is 99.9 Å². The van der Waals surface area contributed by atoms with Crippen LogP contribution in [0.15, 0.2) is 182 Å². The predicted octanol–water partition coefficient (Wildman–Crippen LogP) is 14.0. The molecule has 6 heteroatoms. The Bertz CT molecular complexity index is 3250. The molecule has 0 atom stereocenters. The summed E-state index contributed by atoms with van der Waals surface area (Å²) in [7, 11) is 0. The highest BCUT2D eigenvalue weighted by atomic mass is 15.0. The molecule has 2 aromatic heterocycles. The Morgan fingerprint density at radius 2 is 1.02 bits per heavy atom. The molecule has 0 saturated heterocycles. The van der Waals surface area contributed by atoms with E-state index in [9.17, 15) is 5.26 Å². The van der Waals surface area contributed by atoms with Crippen molar-refractivity contribution in [2.75, 3.05) is 0 Å². The summed E-state index contributed by atoms with van der Waals surface area (Å²) < 4.78 is 2.34. The van der Waals surface area contributed by atoms with Crippen LogP contribution in [0.4, 0.5) is 5.69 Å². The molecule has 286 valence electrons. The molecule has 2 heterocycles. The minimum Gasteiger partial charge on any atom is -0.308 e. The molecule has 8 aromatic carbocycles. The maximum Gasteiger partial charge on any atom is 0.187 e. The molecule has 0 saturated carbocycles. The number of hydrogen-bond acceptors (Lipinski definition) is 4. The highest BCUT2D eigenvalue weighted by Gasteiger charge is 2.24. The van der Waals surface area contributed by atoms with E-state index in [1.807, 2.05) is 103 Å². The summed E-state index contributed by atoms with van der Waals surface area (Å²) in [5, 5.41) is 12.4. The maximum absolute atomic E-state index is 10.2. The summed E-state index contributed by atoms with van der Waals surface area (Å²) in [4.78, 5) is 19.1. The van der Waals surface area contributed by atoms with Gasteiger partial charge in [0.25, 0.3) is 0 Å². The second-order valence-corrected chi connectivity index (χ2v) is 15.3. The van der Waals surface area contributed by atoms with Crippen LogP contribution in [0.3, 0.4) is 0 Å². The molecule has 0 amide bonds. The molecule has 0 aliphatic carbocycles. The van der Waals surface area contributed by atoms with Gasteiger partial charge in [-0.2, -0.15) is 5.26 Å². The van der Waals surface area contributed by atoms with Gasteiger partial charge in [0.2, 0.25) is 0 Å². The van der Waals surface area contributed by atoms with Gasteiger partial charge in [-0.1, -0.05) is 145 Å². The zero-order valence-electron chi connectivity index (χ0n) is 33.5. The molecule has 10 rings (SSSR count). The number of para-hydroxylation sites is 1. The molecular formula is C55H36N6. The fourth-order valence-corrected chi connectivity index (χ4v) is 8.42. The second kappa shape index (κ2) is 15.4. The van der Waals surface area contributed by atoms with E-state index in [0.29, 0.717) is 28.7 Å². The first-order valence-electron chi connectivity index (χ1n) is 20.1. The summed E-state index contributed by atoms with van der Waals surface area (Å²) >= 11 is 0. The number of rotatable bonds is 7. The molecule has 0 aliphatic rings. The molecular weight excluding hydrogens is 745 g/mol. The van der Waals surface area contributed by atoms with E-state index in [4.69, 9.17) is 21.5 Å². The van der Waals surface area contributed by atoms with E-state index >= 15 is 0 Å². The van der Waals surface area contributed by atoms with Gasteiger partial charge in [-0.15, -0.1) is 0 Å². The second-order valence-electron chi connectivity index (χ2n) is 15.3. The van der Waals surface area contributed by atoms with E-state index in [0.717, 1.165) is 72.0 Å². The lowest BCUT2D eigenvalue weighted by Gasteiger charge is -2.21. The number of benzene rings is 8. The third-order valence-electron chi connectivity index (χ3n) is 11.1. The van der Waals surface area contributed by atoms with Crippen LogP contribution in [0, 0.1) is 31.8 Å². The van der Waals surface area contributed by atoms with Crippen molar-refractivity contribution in [2.24, 2.45) is 0 Å². The monoisotopic (exact) mass is 780 g/mol. The fraction of sp³-hybridized carbons (Fsp3) is 0.0364. The third kappa shape index (κ3) is 6.89. The largest absolute Gasteiger partial charge is 0.308 e. The number of fused-ring (bicyclic) bond motifs is 3. The van der Waals surface area contributed by atoms with Gasteiger partial charge >= 0.3 is 0 Å². The minimum absolute atomic E-state index is 0.500. The smallest absolute Gasteiger partial charge is 0.187 e. The first-order chi connectivity index (χ1) is 29.9. The Morgan fingerprint density at radius 1 is 0.459 bits per heavy atom. The molecule has 0 N–H and O–H groups in total. The lowest BCUT2D eigenvalue weighted by Crippen LogP contribution is -2.04. The number of nitrogens with zero attached hydrogens (tertiary/aromatic N) is 6. The quantitative estimate of drug-likeness (QED) is 0.151. The zero-order chi connectivity index (χ0) is 41.5. The standard InChI is InChI=1S/C55H36N6/c1-35-26-36(2)28-43(27-35)40-24-25-51-49(31-40)46-22-10-11-23-50(46)61(51)52-47(41-19-12-14-37(29-41)34-56)32-44(33-48(52)42-20-13-21-45(30-42)57-3)55-59-53(38-15-6-4-7-16-38)58-54(60-55)39-17-8-5-9-18-39/h4-33H,1-2H3. The third-order valence-corrected chi connectivity index (χ3v) is 11.1. The van der Waals surface area contributed by atoms with Gasteiger partial charge in [-0.05, 0) is 84.6 Å². The van der Waals surface area contributed by atoms with Crippen molar-refractivity contribution in [2.45, 2.75) is 13.8 Å². The van der Waals surface area contributed by atoms with Gasteiger partial charge < -0.3 is 4.57 Å². The van der Waals surface area contributed by atoms with Crippen LogP contribution in [-0.2, 0) is 0 Å². The molecule has 0 spiro atoms. The average molecular weight is 781 g/mol. The summed E-state index contributed by atoms with van der Waals surface area (Å²) in [5.74, 6) is 1.61. The van der Waals surface area contributed by atoms with Gasteiger partial charge in [-0.3, -0.25) is 0 Å². The number of hydrogen-bond donors (Lipinski definition) is 0. The zero-order valence-corrected chi connectivity index (χ0v) is 33.5. The van der Waals surface area contributed by atoms with Crippen molar-refractivity contribution in [3.63, 3.8) is 0 Å². The summed E-state index contributed by atoms with van der Waals surface area (Å²) in [6.45, 7) is 12.3. The van der Waals surface area contributed by atoms with E-state index in [1.165, 1.54) is 16.7 Å². The Balaban J connectivity index is 1.33. The van der Waals surface area contributed by atoms with Crippen LogP contribution < -0.4 is 0 Å². The predicted molar refractivity (Wildman–Crippen MR) is 247 cm³/mol. The van der Waals surface area contributed by atoms with Crippen LogP contribution in [0.1, 0.15) is 16.7 Å². The van der Waals surface area contributed by atoms with Gasteiger partial charge in [0.05, 0.1) is 34.9 Å². The van der Waals surface area contributed by atoms with Crippen LogP contribution in [0.5, 0.6) is 0 Å². The van der Waals surface area contributed by atoms with Crippen molar-refractivity contribution in [1.29, 1.82) is 5.26 Å². The number of nitriles is 1. The van der Waals surface area contributed by atoms with Gasteiger partial charge in [0.15, 0.2) is 23.2 Å². The lowest BCUT2D eigenvalue weighted by molar-refractivity contribution is 1.07. The molecule has 10 aromatic rings. The van der Waals surface area contributed by atoms with Crippen molar-refractivity contribution in [3.05, 3.63) is 210 Å². The summed E-state index contributed by atoms with van der Waals surface area (Å²) in [5.41, 5.74) is 14.8. The van der Waals surface area contributed by atoms with E-state index in [2.05, 4.69) is 108 Å². The van der Waals surface area contributed by atoms with Crippen molar-refractivity contribution in [3.8, 4) is 79.3 Å². The van der Waals surface area contributed by atoms with Crippen LogP contribution in [-0.4, -0.2) is 19.5 Å². The molecule has 0 aliphatic heterocycles. The molecule has 6 nitrogen and oxygen atoms in total. The first kappa shape index (κ1) is 36.9. The normalized spacial score (nSPS) is 11.1. The minimum atomic E-state index is 0.500. The molecule has 0 fully saturated rings. The number of aryl methyl sites for hydroxylation is 2.